The third-order valence-electron chi connectivity index (χ3n) is 2.26. The molecule has 0 atom stereocenters. The Hall–Kier alpha value is -1.50. The van der Waals surface area contributed by atoms with E-state index in [9.17, 15) is 0 Å². The van der Waals surface area contributed by atoms with Crippen LogP contribution >= 0.6 is 34.7 Å². The quantitative estimate of drug-likeness (QED) is 0.749. The average molecular weight is 309 g/mol. The zero-order valence-corrected chi connectivity index (χ0v) is 12.0. The van der Waals surface area contributed by atoms with Gasteiger partial charge in [-0.05, 0) is 47.5 Å². The molecule has 96 valence electrons. The minimum atomic E-state index is 0.612. The van der Waals surface area contributed by atoms with Crippen molar-refractivity contribution in [3.8, 4) is 0 Å². The third-order valence-corrected chi connectivity index (χ3v) is 4.41. The van der Waals surface area contributed by atoms with Crippen LogP contribution in [-0.2, 0) is 0 Å². The normalized spacial score (nSPS) is 10.6. The fourth-order valence-electron chi connectivity index (χ4n) is 1.43. The molecule has 2 aromatic heterocycles. The number of nitrogens with zero attached hydrogens (tertiary/aromatic N) is 2. The van der Waals surface area contributed by atoms with Crippen molar-refractivity contribution in [2.75, 3.05) is 5.32 Å². The van der Waals surface area contributed by atoms with Gasteiger partial charge in [-0.15, -0.1) is 16.4 Å². The van der Waals surface area contributed by atoms with Gasteiger partial charge >= 0.3 is 0 Å². The van der Waals surface area contributed by atoms with Gasteiger partial charge in [0.15, 0.2) is 0 Å². The van der Waals surface area contributed by atoms with Gasteiger partial charge in [0.1, 0.15) is 0 Å². The van der Waals surface area contributed by atoms with E-state index in [1.807, 2.05) is 41.8 Å². The molecule has 0 fully saturated rings. The molecule has 0 spiro atoms. The topological polar surface area (TPSA) is 53.6 Å². The molecule has 7 heteroatoms. The molecular weight excluding hydrogens is 300 g/mol. The second kappa shape index (κ2) is 5.64. The van der Waals surface area contributed by atoms with E-state index in [1.54, 1.807) is 11.3 Å². The predicted molar refractivity (Wildman–Crippen MR) is 79.6 cm³/mol. The molecule has 2 heterocycles. The standard InChI is InChI=1S/C12H9ClN4S2/c13-8-3-5-9(6-4-8)14-11-15-12(17-16-11)19-10-2-1-7-18-10/h1-7H,(H2,14,15,16,17). The number of H-pyrrole nitrogens is 1. The number of thiophene rings is 1. The lowest BCUT2D eigenvalue weighted by atomic mass is 10.3. The summed E-state index contributed by atoms with van der Waals surface area (Å²) < 4.78 is 1.16. The number of benzene rings is 1. The monoisotopic (exact) mass is 308 g/mol. The summed E-state index contributed by atoms with van der Waals surface area (Å²) in [7, 11) is 0. The molecule has 2 N–H and O–H groups in total. The molecule has 4 nitrogen and oxygen atoms in total. The van der Waals surface area contributed by atoms with Crippen LogP contribution in [0.5, 0.6) is 0 Å². The Bertz CT molecular complexity index is 649. The van der Waals surface area contributed by atoms with Gasteiger partial charge in [0.25, 0.3) is 0 Å². The summed E-state index contributed by atoms with van der Waals surface area (Å²) in [5.41, 5.74) is 0.910. The van der Waals surface area contributed by atoms with Crippen LogP contribution in [0.4, 0.5) is 11.6 Å². The molecule has 0 aliphatic rings. The number of halogens is 1. The number of rotatable bonds is 4. The molecule has 1 aromatic carbocycles. The van der Waals surface area contributed by atoms with Gasteiger partial charge in [-0.25, -0.2) is 5.10 Å². The van der Waals surface area contributed by atoms with Crippen molar-refractivity contribution >= 4 is 46.3 Å². The van der Waals surface area contributed by atoms with Crippen LogP contribution < -0.4 is 5.32 Å². The molecule has 0 saturated carbocycles. The van der Waals surface area contributed by atoms with E-state index in [4.69, 9.17) is 11.6 Å². The van der Waals surface area contributed by atoms with Gasteiger partial charge in [0, 0.05) is 10.7 Å². The van der Waals surface area contributed by atoms with Gasteiger partial charge in [-0.3, -0.25) is 0 Å². The Morgan fingerprint density at radius 3 is 2.79 bits per heavy atom. The van der Waals surface area contributed by atoms with Crippen LogP contribution in [0.25, 0.3) is 0 Å². The van der Waals surface area contributed by atoms with Crippen molar-refractivity contribution in [3.05, 3.63) is 46.8 Å². The average Bonchev–Trinajstić information content (AvgIpc) is 3.05. The molecule has 0 aliphatic carbocycles. The molecule has 3 rings (SSSR count). The fourth-order valence-corrected chi connectivity index (χ4v) is 3.14. The molecule has 0 saturated heterocycles. The Morgan fingerprint density at radius 1 is 1.21 bits per heavy atom. The lowest BCUT2D eigenvalue weighted by molar-refractivity contribution is 0.975. The highest BCUT2D eigenvalue weighted by atomic mass is 35.5. The number of nitrogens with one attached hydrogen (secondary N) is 2. The zero-order valence-electron chi connectivity index (χ0n) is 9.63. The van der Waals surface area contributed by atoms with Crippen molar-refractivity contribution in [1.82, 2.24) is 15.2 Å². The van der Waals surface area contributed by atoms with Crippen molar-refractivity contribution in [1.29, 1.82) is 0 Å². The maximum atomic E-state index is 5.83. The molecule has 0 amide bonds. The zero-order chi connectivity index (χ0) is 13.1. The van der Waals surface area contributed by atoms with Gasteiger partial charge in [0.05, 0.1) is 4.21 Å². The first kappa shape index (κ1) is 12.5. The number of aromatic amines is 1. The highest BCUT2D eigenvalue weighted by molar-refractivity contribution is 8.01. The van der Waals surface area contributed by atoms with Gasteiger partial charge in [-0.2, -0.15) is 4.98 Å². The number of aromatic nitrogens is 3. The third kappa shape index (κ3) is 3.28. The van der Waals surface area contributed by atoms with Crippen LogP contribution in [0.15, 0.2) is 51.1 Å². The number of hydrogen-bond donors (Lipinski definition) is 2. The SMILES string of the molecule is Clc1ccc(Nc2nc(Sc3cccs3)n[nH]2)cc1. The summed E-state index contributed by atoms with van der Waals surface area (Å²) in [4.78, 5) is 4.36. The van der Waals surface area contributed by atoms with Gasteiger partial charge in [0.2, 0.25) is 11.1 Å². The summed E-state index contributed by atoms with van der Waals surface area (Å²) in [6.45, 7) is 0. The molecular formula is C12H9ClN4S2. The van der Waals surface area contributed by atoms with E-state index >= 15 is 0 Å². The predicted octanol–water partition coefficient (Wildman–Crippen LogP) is 4.41. The molecule has 3 aromatic rings. The van der Waals surface area contributed by atoms with Crippen molar-refractivity contribution in [2.45, 2.75) is 9.37 Å². The molecule has 0 radical (unpaired) electrons. The highest BCUT2D eigenvalue weighted by Crippen LogP contribution is 2.29. The second-order valence-electron chi connectivity index (χ2n) is 3.63. The van der Waals surface area contributed by atoms with E-state index in [2.05, 4.69) is 20.5 Å². The first-order valence-electron chi connectivity index (χ1n) is 5.46. The summed E-state index contributed by atoms with van der Waals surface area (Å²) in [6.07, 6.45) is 0. The Morgan fingerprint density at radius 2 is 2.05 bits per heavy atom. The minimum Gasteiger partial charge on any atom is -0.325 e. The van der Waals surface area contributed by atoms with E-state index in [1.165, 1.54) is 11.8 Å². The maximum absolute atomic E-state index is 5.83. The fraction of sp³-hybridized carbons (Fsp3) is 0. The summed E-state index contributed by atoms with van der Waals surface area (Å²) in [5.74, 6) is 0.612. The number of anilines is 2. The lowest BCUT2D eigenvalue weighted by Gasteiger charge is -2.01. The molecule has 0 aliphatic heterocycles. The first-order chi connectivity index (χ1) is 9.29. The molecule has 0 unspecified atom stereocenters. The Labute approximate surface area is 123 Å². The van der Waals surface area contributed by atoms with E-state index in [0.29, 0.717) is 16.1 Å². The van der Waals surface area contributed by atoms with E-state index < -0.39 is 0 Å². The molecule has 19 heavy (non-hydrogen) atoms. The summed E-state index contributed by atoms with van der Waals surface area (Å²) in [5, 5.41) is 13.6. The van der Waals surface area contributed by atoms with Gasteiger partial charge in [-0.1, -0.05) is 17.7 Å². The Kier molecular flexibility index (Phi) is 3.72. The summed E-state index contributed by atoms with van der Waals surface area (Å²) in [6, 6.07) is 11.5. The van der Waals surface area contributed by atoms with Crippen LogP contribution in [0.3, 0.4) is 0 Å². The van der Waals surface area contributed by atoms with Crippen molar-refractivity contribution < 1.29 is 0 Å². The second-order valence-corrected chi connectivity index (χ2v) is 6.28. The van der Waals surface area contributed by atoms with Crippen LogP contribution in [0, 0.1) is 0 Å². The van der Waals surface area contributed by atoms with Crippen molar-refractivity contribution in [3.63, 3.8) is 0 Å². The molecule has 0 bridgehead atoms. The lowest BCUT2D eigenvalue weighted by Crippen LogP contribution is -1.91. The van der Waals surface area contributed by atoms with Crippen LogP contribution in [0.2, 0.25) is 5.02 Å². The van der Waals surface area contributed by atoms with Crippen molar-refractivity contribution in [2.24, 2.45) is 0 Å². The highest BCUT2D eigenvalue weighted by Gasteiger charge is 2.06. The smallest absolute Gasteiger partial charge is 0.223 e. The van der Waals surface area contributed by atoms with E-state index in [0.717, 1.165) is 9.90 Å². The maximum Gasteiger partial charge on any atom is 0.223 e. The van der Waals surface area contributed by atoms with Crippen LogP contribution in [0.1, 0.15) is 0 Å². The largest absolute Gasteiger partial charge is 0.325 e. The first-order valence-corrected chi connectivity index (χ1v) is 7.53. The Balaban J connectivity index is 1.69. The number of hydrogen-bond acceptors (Lipinski definition) is 5. The minimum absolute atomic E-state index is 0.612. The van der Waals surface area contributed by atoms with E-state index in [-0.39, 0.29) is 0 Å². The summed E-state index contributed by atoms with van der Waals surface area (Å²) >= 11 is 9.03. The van der Waals surface area contributed by atoms with Gasteiger partial charge < -0.3 is 5.32 Å². The van der Waals surface area contributed by atoms with Crippen LogP contribution in [-0.4, -0.2) is 15.2 Å².